The van der Waals surface area contributed by atoms with Crippen LogP contribution in [0, 0.1) is 24.2 Å². The molecule has 0 aliphatic heterocycles. The molecule has 1 heterocycles. The average Bonchev–Trinajstić information content (AvgIpc) is 2.75. The van der Waals surface area contributed by atoms with Gasteiger partial charge in [0.2, 0.25) is 5.95 Å². The molecule has 0 aliphatic rings. The van der Waals surface area contributed by atoms with Crippen molar-refractivity contribution < 1.29 is 4.74 Å². The van der Waals surface area contributed by atoms with E-state index in [0.717, 1.165) is 23.3 Å². The minimum absolute atomic E-state index is 0.0414. The number of ether oxygens (including phenoxy) is 1. The van der Waals surface area contributed by atoms with Gasteiger partial charge >= 0.3 is 0 Å². The molecule has 0 saturated carbocycles. The summed E-state index contributed by atoms with van der Waals surface area (Å²) in [5.74, 6) is 1.44. The molecule has 0 atom stereocenters. The van der Waals surface area contributed by atoms with Crippen molar-refractivity contribution in [1.29, 1.82) is 5.26 Å². The van der Waals surface area contributed by atoms with Gasteiger partial charge in [0.1, 0.15) is 17.4 Å². The molecule has 3 rings (SSSR count). The van der Waals surface area contributed by atoms with Crippen LogP contribution in [0.3, 0.4) is 0 Å². The zero-order valence-electron chi connectivity index (χ0n) is 17.8. The number of H-pyrrole nitrogens is 1. The number of rotatable bonds is 8. The molecule has 0 fully saturated rings. The van der Waals surface area contributed by atoms with E-state index in [1.54, 1.807) is 18.3 Å². The molecule has 7 nitrogen and oxygen atoms in total. The maximum atomic E-state index is 12.3. The number of aryl methyl sites for hydroxylation is 1. The summed E-state index contributed by atoms with van der Waals surface area (Å²) in [6.45, 7) is 6.92. The molecule has 0 bridgehead atoms. The lowest BCUT2D eigenvalue weighted by Crippen LogP contribution is -2.16. The Hall–Kier alpha value is -3.92. The zero-order valence-corrected chi connectivity index (χ0v) is 17.8. The minimum atomic E-state index is -0.526. The van der Waals surface area contributed by atoms with Gasteiger partial charge in [-0.1, -0.05) is 55.8 Å². The lowest BCUT2D eigenvalue weighted by Gasteiger charge is -2.11. The Morgan fingerprint density at radius 2 is 2.03 bits per heavy atom. The number of aromatic amines is 1. The first-order chi connectivity index (χ1) is 15.0. The van der Waals surface area contributed by atoms with Crippen molar-refractivity contribution >= 4 is 12.2 Å². The number of nitrogens with zero attached hydrogens (tertiary/aromatic N) is 3. The van der Waals surface area contributed by atoms with Crippen molar-refractivity contribution in [3.8, 4) is 23.1 Å². The molecule has 7 heteroatoms. The number of hydrogen-bond acceptors (Lipinski definition) is 6. The van der Waals surface area contributed by atoms with Gasteiger partial charge in [0, 0.05) is 11.1 Å². The molecule has 0 unspecified atom stereocenters. The van der Waals surface area contributed by atoms with Gasteiger partial charge in [-0.15, -0.1) is 0 Å². The summed E-state index contributed by atoms with van der Waals surface area (Å²) in [7, 11) is 0. The second-order valence-corrected chi connectivity index (χ2v) is 7.56. The summed E-state index contributed by atoms with van der Waals surface area (Å²) in [4.78, 5) is 19.3. The van der Waals surface area contributed by atoms with Gasteiger partial charge in [0.05, 0.1) is 18.5 Å². The summed E-state index contributed by atoms with van der Waals surface area (Å²) in [5, 5.41) is 13.6. The van der Waals surface area contributed by atoms with Crippen LogP contribution >= 0.6 is 0 Å². The third-order valence-corrected chi connectivity index (χ3v) is 4.57. The van der Waals surface area contributed by atoms with Gasteiger partial charge in [-0.2, -0.15) is 10.4 Å². The highest BCUT2D eigenvalue weighted by Crippen LogP contribution is 2.21. The molecule has 1 aromatic heterocycles. The smallest absolute Gasteiger partial charge is 0.270 e. The fourth-order valence-corrected chi connectivity index (χ4v) is 2.90. The second-order valence-electron chi connectivity index (χ2n) is 7.56. The monoisotopic (exact) mass is 415 g/mol. The predicted octanol–water partition coefficient (Wildman–Crippen LogP) is 4.49. The van der Waals surface area contributed by atoms with E-state index in [1.807, 2.05) is 49.4 Å². The SMILES string of the molecule is Cc1ccc(OCCC(C)C)c(C=NNc2nc(-c3ccccc3)c(C#N)c(=O)[nH]2)c1. The highest BCUT2D eigenvalue weighted by Gasteiger charge is 2.13. The molecule has 0 aliphatic carbocycles. The van der Waals surface area contributed by atoms with Crippen molar-refractivity contribution in [1.82, 2.24) is 9.97 Å². The van der Waals surface area contributed by atoms with Gasteiger partial charge < -0.3 is 4.74 Å². The molecule has 158 valence electrons. The van der Waals surface area contributed by atoms with E-state index in [-0.39, 0.29) is 11.5 Å². The number of hydrazone groups is 1. The first-order valence-corrected chi connectivity index (χ1v) is 10.1. The molecule has 0 saturated heterocycles. The van der Waals surface area contributed by atoms with Gasteiger partial charge in [-0.3, -0.25) is 9.78 Å². The molecule has 0 radical (unpaired) electrons. The maximum absolute atomic E-state index is 12.3. The van der Waals surface area contributed by atoms with Crippen LogP contribution in [0.5, 0.6) is 5.75 Å². The van der Waals surface area contributed by atoms with Crippen LogP contribution in [0.25, 0.3) is 11.3 Å². The number of aromatic nitrogens is 2. The van der Waals surface area contributed by atoms with Gasteiger partial charge in [-0.05, 0) is 31.4 Å². The molecule has 3 aromatic rings. The lowest BCUT2D eigenvalue weighted by molar-refractivity contribution is 0.289. The molecular formula is C24H25N5O2. The fraction of sp³-hybridized carbons (Fsp3) is 0.250. The fourth-order valence-electron chi connectivity index (χ4n) is 2.90. The Kier molecular flexibility index (Phi) is 7.17. The normalized spacial score (nSPS) is 10.9. The number of benzene rings is 2. The number of hydrogen-bond donors (Lipinski definition) is 2. The van der Waals surface area contributed by atoms with Gasteiger partial charge in [0.25, 0.3) is 5.56 Å². The molecule has 2 aromatic carbocycles. The van der Waals surface area contributed by atoms with Crippen LogP contribution in [-0.4, -0.2) is 22.8 Å². The molecular weight excluding hydrogens is 390 g/mol. The zero-order chi connectivity index (χ0) is 22.2. The highest BCUT2D eigenvalue weighted by atomic mass is 16.5. The van der Waals surface area contributed by atoms with Crippen LogP contribution in [0.2, 0.25) is 0 Å². The van der Waals surface area contributed by atoms with Crippen LogP contribution in [0.1, 0.15) is 37.0 Å². The van der Waals surface area contributed by atoms with E-state index >= 15 is 0 Å². The predicted molar refractivity (Wildman–Crippen MR) is 122 cm³/mol. The summed E-state index contributed by atoms with van der Waals surface area (Å²) >= 11 is 0. The maximum Gasteiger partial charge on any atom is 0.270 e. The number of anilines is 1. The Bertz CT molecular complexity index is 1160. The third-order valence-electron chi connectivity index (χ3n) is 4.57. The first kappa shape index (κ1) is 21.8. The first-order valence-electron chi connectivity index (χ1n) is 10.1. The Labute approximate surface area is 181 Å². The van der Waals surface area contributed by atoms with Crippen molar-refractivity contribution in [3.05, 3.63) is 75.6 Å². The van der Waals surface area contributed by atoms with Crippen LogP contribution in [0.4, 0.5) is 5.95 Å². The van der Waals surface area contributed by atoms with Crippen LogP contribution in [-0.2, 0) is 0 Å². The molecule has 0 spiro atoms. The topological polar surface area (TPSA) is 103 Å². The summed E-state index contributed by atoms with van der Waals surface area (Å²) in [6.07, 6.45) is 2.58. The Morgan fingerprint density at radius 3 is 2.74 bits per heavy atom. The van der Waals surface area contributed by atoms with E-state index in [2.05, 4.69) is 34.3 Å². The van der Waals surface area contributed by atoms with Crippen molar-refractivity contribution in [2.24, 2.45) is 11.0 Å². The highest BCUT2D eigenvalue weighted by molar-refractivity contribution is 5.84. The van der Waals surface area contributed by atoms with E-state index < -0.39 is 5.56 Å². The quantitative estimate of drug-likeness (QED) is 0.417. The van der Waals surface area contributed by atoms with E-state index in [4.69, 9.17) is 4.74 Å². The summed E-state index contributed by atoms with van der Waals surface area (Å²) in [5.41, 5.74) is 5.06. The summed E-state index contributed by atoms with van der Waals surface area (Å²) < 4.78 is 5.90. The largest absolute Gasteiger partial charge is 0.493 e. The molecule has 2 N–H and O–H groups in total. The van der Waals surface area contributed by atoms with Crippen molar-refractivity contribution in [2.45, 2.75) is 27.2 Å². The van der Waals surface area contributed by atoms with E-state index in [1.165, 1.54) is 0 Å². The molecule has 0 amide bonds. The Balaban J connectivity index is 1.83. The van der Waals surface area contributed by atoms with Crippen LogP contribution in [0.15, 0.2) is 58.4 Å². The van der Waals surface area contributed by atoms with Crippen molar-refractivity contribution in [3.63, 3.8) is 0 Å². The van der Waals surface area contributed by atoms with Crippen LogP contribution < -0.4 is 15.7 Å². The van der Waals surface area contributed by atoms with Gasteiger partial charge in [-0.25, -0.2) is 10.4 Å². The minimum Gasteiger partial charge on any atom is -0.493 e. The van der Waals surface area contributed by atoms with Crippen molar-refractivity contribution in [2.75, 3.05) is 12.0 Å². The second kappa shape index (κ2) is 10.2. The number of nitrogens with one attached hydrogen (secondary N) is 2. The summed E-state index contributed by atoms with van der Waals surface area (Å²) in [6, 6.07) is 16.9. The third kappa shape index (κ3) is 5.80. The number of nitriles is 1. The molecule has 31 heavy (non-hydrogen) atoms. The van der Waals surface area contributed by atoms with E-state index in [9.17, 15) is 10.1 Å². The Morgan fingerprint density at radius 1 is 1.26 bits per heavy atom. The van der Waals surface area contributed by atoms with Gasteiger partial charge in [0.15, 0.2) is 0 Å². The lowest BCUT2D eigenvalue weighted by atomic mass is 10.1. The average molecular weight is 415 g/mol. The van der Waals surface area contributed by atoms with E-state index in [0.29, 0.717) is 23.8 Å². The standard InChI is InChI=1S/C24H25N5O2/c1-16(2)11-12-31-21-10-9-17(3)13-19(21)15-26-29-24-27-22(18-7-5-4-6-8-18)20(14-25)23(30)28-24/h4-10,13,15-16H,11-12H2,1-3H3,(H2,27,28,29,30).